The second kappa shape index (κ2) is 6.37. The number of aliphatic carboxylic acids is 1. The smallest absolute Gasteiger partial charge is 0.330 e. The molecule has 0 spiro atoms. The van der Waals surface area contributed by atoms with E-state index in [-0.39, 0.29) is 11.7 Å². The van der Waals surface area contributed by atoms with E-state index < -0.39 is 5.97 Å². The summed E-state index contributed by atoms with van der Waals surface area (Å²) >= 11 is 0. The van der Waals surface area contributed by atoms with Gasteiger partial charge in [0, 0.05) is 12.2 Å². The highest BCUT2D eigenvalue weighted by atomic mass is 16.5. The number of carbonyl (C=O) groups excluding carboxylic acids is 1. The van der Waals surface area contributed by atoms with Crippen molar-refractivity contribution in [1.29, 1.82) is 0 Å². The van der Waals surface area contributed by atoms with Gasteiger partial charge in [-0.1, -0.05) is 6.58 Å². The third-order valence-corrected chi connectivity index (χ3v) is 1.48. The molecule has 1 rings (SSSR count). The average molecular weight is 186 g/mol. The van der Waals surface area contributed by atoms with Crippen LogP contribution in [-0.2, 0) is 14.3 Å². The minimum Gasteiger partial charge on any atom is -0.478 e. The van der Waals surface area contributed by atoms with E-state index in [9.17, 15) is 9.59 Å². The number of ether oxygens (including phenoxy) is 1. The fourth-order valence-electron chi connectivity index (χ4n) is 0.710. The Labute approximate surface area is 77.2 Å². The molecule has 1 atom stereocenters. The largest absolute Gasteiger partial charge is 0.478 e. The fraction of sp³-hybridized carbons (Fsp3) is 0.556. The van der Waals surface area contributed by atoms with Gasteiger partial charge in [-0.05, 0) is 19.8 Å². The van der Waals surface area contributed by atoms with E-state index in [4.69, 9.17) is 9.84 Å². The number of carboxylic acid groups (broad SMARTS) is 1. The van der Waals surface area contributed by atoms with Gasteiger partial charge < -0.3 is 14.6 Å². The van der Waals surface area contributed by atoms with Gasteiger partial charge in [0.25, 0.3) is 0 Å². The molecule has 1 heterocycles. The first-order valence-electron chi connectivity index (χ1n) is 4.03. The summed E-state index contributed by atoms with van der Waals surface area (Å²) in [5.74, 6) is -0.935. The van der Waals surface area contributed by atoms with Gasteiger partial charge in [-0.2, -0.15) is 0 Å². The van der Waals surface area contributed by atoms with Crippen LogP contribution in [0, 0.1) is 0 Å². The van der Waals surface area contributed by atoms with Crippen LogP contribution in [0.25, 0.3) is 0 Å². The third kappa shape index (κ3) is 6.04. The molecule has 1 aliphatic rings. The van der Waals surface area contributed by atoms with E-state index >= 15 is 0 Å². The van der Waals surface area contributed by atoms with Crippen molar-refractivity contribution in [3.8, 4) is 0 Å². The zero-order valence-corrected chi connectivity index (χ0v) is 7.66. The predicted octanol–water partition coefficient (Wildman–Crippen LogP) is 1.01. The molecule has 13 heavy (non-hydrogen) atoms. The van der Waals surface area contributed by atoms with Crippen LogP contribution in [0.15, 0.2) is 12.2 Å². The predicted molar refractivity (Wildman–Crippen MR) is 47.5 cm³/mol. The number of carbonyl (C=O) groups is 2. The van der Waals surface area contributed by atoms with Gasteiger partial charge in [0.05, 0.1) is 0 Å². The third-order valence-electron chi connectivity index (χ3n) is 1.48. The van der Waals surface area contributed by atoms with Crippen LogP contribution >= 0.6 is 0 Å². The Kier molecular flexibility index (Phi) is 5.80. The van der Waals surface area contributed by atoms with Gasteiger partial charge in [0.2, 0.25) is 0 Å². The van der Waals surface area contributed by atoms with Crippen molar-refractivity contribution in [2.24, 2.45) is 0 Å². The molecule has 0 aromatic carbocycles. The zero-order valence-electron chi connectivity index (χ0n) is 7.66. The van der Waals surface area contributed by atoms with E-state index in [1.807, 2.05) is 0 Å². The van der Waals surface area contributed by atoms with Gasteiger partial charge in [0.1, 0.15) is 12.4 Å². The lowest BCUT2D eigenvalue weighted by Crippen LogP contribution is -2.04. The van der Waals surface area contributed by atoms with Gasteiger partial charge in [-0.15, -0.1) is 0 Å². The zero-order chi connectivity index (χ0) is 10.3. The second-order valence-corrected chi connectivity index (χ2v) is 2.77. The highest BCUT2D eigenvalue weighted by molar-refractivity contribution is 5.84. The first-order chi connectivity index (χ1) is 6.07. The van der Waals surface area contributed by atoms with Crippen LogP contribution in [0.2, 0.25) is 0 Å². The number of aldehydes is 1. The molecular formula is C9H14O4. The summed E-state index contributed by atoms with van der Waals surface area (Å²) in [6.07, 6.45) is 2.75. The standard InChI is InChI=1S/C5H8O2.C4H6O2/c6-4-5-2-1-3-7-5;1-3(2)4(5)6/h4-5H,1-3H2;1H2,2H3,(H,5,6). The first kappa shape index (κ1) is 11.8. The number of hydrogen-bond donors (Lipinski definition) is 1. The van der Waals surface area contributed by atoms with E-state index in [1.165, 1.54) is 6.92 Å². The number of carboxylic acids is 1. The monoisotopic (exact) mass is 186 g/mol. The quantitative estimate of drug-likeness (QED) is 0.516. The van der Waals surface area contributed by atoms with E-state index in [0.717, 1.165) is 25.7 Å². The maximum atomic E-state index is 9.88. The summed E-state index contributed by atoms with van der Waals surface area (Å²) < 4.78 is 4.93. The molecular weight excluding hydrogens is 172 g/mol. The maximum absolute atomic E-state index is 9.88. The van der Waals surface area contributed by atoms with Crippen LogP contribution in [0.5, 0.6) is 0 Å². The highest BCUT2D eigenvalue weighted by Crippen LogP contribution is 2.08. The van der Waals surface area contributed by atoms with E-state index in [2.05, 4.69) is 6.58 Å². The highest BCUT2D eigenvalue weighted by Gasteiger charge is 2.12. The van der Waals surface area contributed by atoms with Gasteiger partial charge >= 0.3 is 5.97 Å². The summed E-state index contributed by atoms with van der Waals surface area (Å²) in [6.45, 7) is 5.37. The molecule has 0 amide bonds. The molecule has 0 bridgehead atoms. The molecule has 1 aliphatic heterocycles. The normalized spacial score (nSPS) is 19.9. The van der Waals surface area contributed by atoms with Crippen LogP contribution in [0.3, 0.4) is 0 Å². The SMILES string of the molecule is C=C(C)C(=O)O.O=CC1CCCO1. The van der Waals surface area contributed by atoms with Crippen LogP contribution in [0.4, 0.5) is 0 Å². The molecule has 0 saturated carbocycles. The average Bonchev–Trinajstić information content (AvgIpc) is 2.56. The molecule has 0 aliphatic carbocycles. The molecule has 4 heteroatoms. The maximum Gasteiger partial charge on any atom is 0.330 e. The second-order valence-electron chi connectivity index (χ2n) is 2.77. The molecule has 0 aromatic rings. The lowest BCUT2D eigenvalue weighted by Gasteiger charge is -1.93. The van der Waals surface area contributed by atoms with Crippen LogP contribution < -0.4 is 0 Å². The Hall–Kier alpha value is -1.16. The summed E-state index contributed by atoms with van der Waals surface area (Å²) in [5, 5.41) is 7.89. The Bertz CT molecular complexity index is 180. The lowest BCUT2D eigenvalue weighted by molar-refractivity contribution is -0.132. The molecule has 4 nitrogen and oxygen atoms in total. The van der Waals surface area contributed by atoms with Gasteiger partial charge in [0.15, 0.2) is 0 Å². The Morgan fingerprint density at radius 3 is 2.38 bits per heavy atom. The lowest BCUT2D eigenvalue weighted by atomic mass is 10.3. The van der Waals surface area contributed by atoms with Crippen molar-refractivity contribution >= 4 is 12.3 Å². The van der Waals surface area contributed by atoms with Crippen LogP contribution in [0.1, 0.15) is 19.8 Å². The first-order valence-corrected chi connectivity index (χ1v) is 4.03. The Morgan fingerprint density at radius 2 is 2.23 bits per heavy atom. The van der Waals surface area contributed by atoms with Gasteiger partial charge in [-0.3, -0.25) is 0 Å². The summed E-state index contributed by atoms with van der Waals surface area (Å²) in [7, 11) is 0. The van der Waals surface area contributed by atoms with Crippen molar-refractivity contribution in [2.75, 3.05) is 6.61 Å². The molecule has 74 valence electrons. The van der Waals surface area contributed by atoms with Crippen molar-refractivity contribution in [1.82, 2.24) is 0 Å². The Balaban J connectivity index is 0.000000226. The molecule has 1 fully saturated rings. The number of hydrogen-bond acceptors (Lipinski definition) is 3. The molecule has 1 N–H and O–H groups in total. The van der Waals surface area contributed by atoms with Crippen molar-refractivity contribution in [3.63, 3.8) is 0 Å². The molecule has 1 saturated heterocycles. The Morgan fingerprint density at radius 1 is 1.69 bits per heavy atom. The topological polar surface area (TPSA) is 63.6 Å². The number of rotatable bonds is 2. The van der Waals surface area contributed by atoms with Crippen molar-refractivity contribution in [3.05, 3.63) is 12.2 Å². The summed E-state index contributed by atoms with van der Waals surface area (Å²) in [5.41, 5.74) is 0.176. The van der Waals surface area contributed by atoms with Crippen molar-refractivity contribution < 1.29 is 19.4 Å². The fourth-order valence-corrected chi connectivity index (χ4v) is 0.710. The molecule has 0 aromatic heterocycles. The molecule has 0 radical (unpaired) electrons. The molecule has 1 unspecified atom stereocenters. The van der Waals surface area contributed by atoms with Crippen molar-refractivity contribution in [2.45, 2.75) is 25.9 Å². The minimum atomic E-state index is -0.935. The summed E-state index contributed by atoms with van der Waals surface area (Å²) in [6, 6.07) is 0. The summed E-state index contributed by atoms with van der Waals surface area (Å²) in [4.78, 5) is 19.5. The minimum absolute atomic E-state index is 0.0833. The van der Waals surface area contributed by atoms with Crippen LogP contribution in [-0.4, -0.2) is 30.1 Å². The van der Waals surface area contributed by atoms with Gasteiger partial charge in [-0.25, -0.2) is 4.79 Å². The van der Waals surface area contributed by atoms with E-state index in [1.54, 1.807) is 0 Å². The van der Waals surface area contributed by atoms with E-state index in [0.29, 0.717) is 0 Å².